The van der Waals surface area contributed by atoms with Gasteiger partial charge in [-0.1, -0.05) is 26.8 Å². The Morgan fingerprint density at radius 2 is 2.06 bits per heavy atom. The lowest BCUT2D eigenvalue weighted by Crippen LogP contribution is -2.26. The zero-order chi connectivity index (χ0) is 12.9. The maximum absolute atomic E-state index is 6.28. The molecule has 0 saturated carbocycles. The highest BCUT2D eigenvalue weighted by molar-refractivity contribution is 6.20. The molecule has 1 rings (SSSR count). The monoisotopic (exact) mass is 254 g/mol. The van der Waals surface area contributed by atoms with Crippen LogP contribution in [-0.4, -0.2) is 16.9 Å². The highest BCUT2D eigenvalue weighted by Crippen LogP contribution is 2.23. The molecule has 0 aliphatic heterocycles. The van der Waals surface area contributed by atoms with Crippen molar-refractivity contribution in [3.63, 3.8) is 0 Å². The summed E-state index contributed by atoms with van der Waals surface area (Å²) < 4.78 is 0. The zero-order valence-electron chi connectivity index (χ0n) is 11.3. The molecular formula is C14H23ClN2. The van der Waals surface area contributed by atoms with Crippen molar-refractivity contribution < 1.29 is 0 Å². The van der Waals surface area contributed by atoms with E-state index in [9.17, 15) is 0 Å². The lowest BCUT2D eigenvalue weighted by molar-refractivity contribution is 0.364. The Bertz CT molecular complexity index is 344. The Balaban J connectivity index is 2.28. The van der Waals surface area contributed by atoms with Crippen molar-refractivity contribution in [1.82, 2.24) is 10.3 Å². The van der Waals surface area contributed by atoms with Gasteiger partial charge in [0.1, 0.15) is 0 Å². The third-order valence-electron chi connectivity index (χ3n) is 2.45. The van der Waals surface area contributed by atoms with E-state index in [0.717, 1.165) is 30.9 Å². The van der Waals surface area contributed by atoms with Crippen LogP contribution in [0.5, 0.6) is 0 Å². The fourth-order valence-electron chi connectivity index (χ4n) is 1.79. The summed E-state index contributed by atoms with van der Waals surface area (Å²) in [7, 11) is 0. The van der Waals surface area contributed by atoms with Gasteiger partial charge in [0.2, 0.25) is 0 Å². The Labute approximate surface area is 110 Å². The highest BCUT2D eigenvalue weighted by atomic mass is 35.5. The van der Waals surface area contributed by atoms with Crippen LogP contribution < -0.4 is 5.32 Å². The fourth-order valence-corrected chi connectivity index (χ4v) is 2.36. The lowest BCUT2D eigenvalue weighted by atomic mass is 9.90. The highest BCUT2D eigenvalue weighted by Gasteiger charge is 2.16. The van der Waals surface area contributed by atoms with Crippen LogP contribution in [0.4, 0.5) is 0 Å². The number of halogens is 1. The molecular weight excluding hydrogens is 232 g/mol. The quantitative estimate of drug-likeness (QED) is 0.814. The number of nitrogens with zero attached hydrogens (tertiary/aromatic N) is 1. The first kappa shape index (κ1) is 14.5. The van der Waals surface area contributed by atoms with E-state index in [1.165, 1.54) is 0 Å². The number of hydrogen-bond acceptors (Lipinski definition) is 2. The van der Waals surface area contributed by atoms with Gasteiger partial charge in [0, 0.05) is 24.2 Å². The maximum Gasteiger partial charge on any atom is 0.0544 e. The molecule has 1 aromatic rings. The molecule has 1 atom stereocenters. The van der Waals surface area contributed by atoms with Gasteiger partial charge in [0.25, 0.3) is 0 Å². The average Bonchev–Trinajstić information content (AvgIpc) is 2.14. The largest absolute Gasteiger partial charge is 0.310 e. The molecule has 1 unspecified atom stereocenters. The van der Waals surface area contributed by atoms with Gasteiger partial charge in [-0.25, -0.2) is 0 Å². The molecule has 0 saturated heterocycles. The first-order valence-corrected chi connectivity index (χ1v) is 6.58. The zero-order valence-corrected chi connectivity index (χ0v) is 12.0. The van der Waals surface area contributed by atoms with Crippen LogP contribution in [0.25, 0.3) is 0 Å². The third kappa shape index (κ3) is 6.64. The van der Waals surface area contributed by atoms with E-state index >= 15 is 0 Å². The van der Waals surface area contributed by atoms with Gasteiger partial charge < -0.3 is 5.32 Å². The third-order valence-corrected chi connectivity index (χ3v) is 2.76. The smallest absolute Gasteiger partial charge is 0.0544 e. The summed E-state index contributed by atoms with van der Waals surface area (Å²) in [5.74, 6) is 0. The number of alkyl halides is 1. The second kappa shape index (κ2) is 6.36. The lowest BCUT2D eigenvalue weighted by Gasteiger charge is -2.22. The Morgan fingerprint density at radius 3 is 2.65 bits per heavy atom. The maximum atomic E-state index is 6.28. The predicted molar refractivity (Wildman–Crippen MR) is 74.4 cm³/mol. The predicted octanol–water partition coefficient (Wildman–Crippen LogP) is 3.52. The number of aryl methyl sites for hydroxylation is 1. The molecule has 3 heteroatoms. The fraction of sp³-hybridized carbons (Fsp3) is 0.643. The minimum Gasteiger partial charge on any atom is -0.310 e. The summed E-state index contributed by atoms with van der Waals surface area (Å²) >= 11 is 6.28. The molecule has 2 nitrogen and oxygen atoms in total. The molecule has 0 spiro atoms. The van der Waals surface area contributed by atoms with E-state index in [1.807, 2.05) is 25.1 Å². The molecule has 0 aliphatic rings. The standard InChI is InChI=1S/C14H23ClN2/c1-11-6-5-7-13(17-11)10-16-9-12(15)8-14(2,3)4/h5-7,12,16H,8-10H2,1-4H3. The van der Waals surface area contributed by atoms with Gasteiger partial charge >= 0.3 is 0 Å². The SMILES string of the molecule is Cc1cccc(CNCC(Cl)CC(C)(C)C)n1. The number of rotatable bonds is 5. The van der Waals surface area contributed by atoms with Gasteiger partial charge in [-0.15, -0.1) is 11.6 Å². The molecule has 96 valence electrons. The summed E-state index contributed by atoms with van der Waals surface area (Å²) in [5.41, 5.74) is 2.42. The van der Waals surface area contributed by atoms with Crippen LogP contribution in [0.1, 0.15) is 38.6 Å². The van der Waals surface area contributed by atoms with Gasteiger partial charge in [-0.2, -0.15) is 0 Å². The van der Waals surface area contributed by atoms with E-state index in [0.29, 0.717) is 0 Å². The second-order valence-electron chi connectivity index (χ2n) is 5.76. The Hall–Kier alpha value is -0.600. The van der Waals surface area contributed by atoms with Crippen molar-refractivity contribution in [1.29, 1.82) is 0 Å². The van der Waals surface area contributed by atoms with E-state index < -0.39 is 0 Å². The van der Waals surface area contributed by atoms with Gasteiger partial charge in [-0.05, 0) is 30.9 Å². The molecule has 0 amide bonds. The molecule has 1 aromatic heterocycles. The molecule has 0 bridgehead atoms. The van der Waals surface area contributed by atoms with Crippen LogP contribution >= 0.6 is 11.6 Å². The van der Waals surface area contributed by atoms with E-state index in [2.05, 4.69) is 31.1 Å². The molecule has 0 radical (unpaired) electrons. The Kier molecular flexibility index (Phi) is 5.41. The number of nitrogens with one attached hydrogen (secondary N) is 1. The normalized spacial score (nSPS) is 13.7. The number of aromatic nitrogens is 1. The first-order chi connectivity index (χ1) is 7.87. The van der Waals surface area contributed by atoms with Crippen LogP contribution in [0, 0.1) is 12.3 Å². The number of hydrogen-bond donors (Lipinski definition) is 1. The van der Waals surface area contributed by atoms with Crippen LogP contribution in [0.15, 0.2) is 18.2 Å². The van der Waals surface area contributed by atoms with E-state index in [4.69, 9.17) is 11.6 Å². The van der Waals surface area contributed by atoms with Gasteiger partial charge in [0.05, 0.1) is 5.69 Å². The molecule has 1 N–H and O–H groups in total. The van der Waals surface area contributed by atoms with Gasteiger partial charge in [0.15, 0.2) is 0 Å². The molecule has 0 aromatic carbocycles. The molecule has 17 heavy (non-hydrogen) atoms. The van der Waals surface area contributed by atoms with Crippen LogP contribution in [0.2, 0.25) is 0 Å². The summed E-state index contributed by atoms with van der Waals surface area (Å²) in [6, 6.07) is 6.08. The van der Waals surface area contributed by atoms with Crippen molar-refractivity contribution in [2.24, 2.45) is 5.41 Å². The molecule has 1 heterocycles. The van der Waals surface area contributed by atoms with Crippen molar-refractivity contribution in [3.05, 3.63) is 29.6 Å². The van der Waals surface area contributed by atoms with Gasteiger partial charge in [-0.3, -0.25) is 4.98 Å². The van der Waals surface area contributed by atoms with Crippen molar-refractivity contribution >= 4 is 11.6 Å². The summed E-state index contributed by atoms with van der Waals surface area (Å²) in [6.45, 7) is 10.3. The molecule has 0 aliphatic carbocycles. The van der Waals surface area contributed by atoms with Crippen LogP contribution in [0.3, 0.4) is 0 Å². The average molecular weight is 255 g/mol. The summed E-state index contributed by atoms with van der Waals surface area (Å²) in [4.78, 5) is 4.44. The van der Waals surface area contributed by atoms with Crippen molar-refractivity contribution in [2.75, 3.05) is 6.54 Å². The van der Waals surface area contributed by atoms with Crippen molar-refractivity contribution in [2.45, 2.75) is 46.0 Å². The second-order valence-corrected chi connectivity index (χ2v) is 6.38. The molecule has 0 fully saturated rings. The Morgan fingerprint density at radius 1 is 1.35 bits per heavy atom. The van der Waals surface area contributed by atoms with Crippen LogP contribution in [-0.2, 0) is 6.54 Å². The number of pyridine rings is 1. The summed E-state index contributed by atoms with van der Waals surface area (Å²) in [5, 5.41) is 3.54. The first-order valence-electron chi connectivity index (χ1n) is 6.14. The van der Waals surface area contributed by atoms with E-state index in [-0.39, 0.29) is 10.8 Å². The van der Waals surface area contributed by atoms with E-state index in [1.54, 1.807) is 0 Å². The minimum atomic E-state index is 0.180. The topological polar surface area (TPSA) is 24.9 Å². The van der Waals surface area contributed by atoms with Crippen molar-refractivity contribution in [3.8, 4) is 0 Å². The minimum absolute atomic E-state index is 0.180. The summed E-state index contributed by atoms with van der Waals surface area (Å²) in [6.07, 6.45) is 1.02.